The van der Waals surface area contributed by atoms with E-state index in [4.69, 9.17) is 17.0 Å². The van der Waals surface area contributed by atoms with Crippen LogP contribution in [-0.2, 0) is 33.7 Å². The van der Waals surface area contributed by atoms with Crippen LogP contribution >= 0.6 is 17.0 Å². The van der Waals surface area contributed by atoms with Crippen molar-refractivity contribution in [3.8, 4) is 22.3 Å². The van der Waals surface area contributed by atoms with Gasteiger partial charge in [-0.1, -0.05) is 85.2 Å². The van der Waals surface area contributed by atoms with Crippen molar-refractivity contribution in [3.05, 3.63) is 132 Å². The van der Waals surface area contributed by atoms with Gasteiger partial charge in [-0.25, -0.2) is 0 Å². The number of nitrogens with zero attached hydrogens (tertiary/aromatic N) is 1. The van der Waals surface area contributed by atoms with E-state index in [1.165, 1.54) is 55.1 Å². The molecule has 0 atom stereocenters. The second-order valence-electron chi connectivity index (χ2n) is 9.41. The number of aromatic nitrogens is 1. The summed E-state index contributed by atoms with van der Waals surface area (Å²) in [6.45, 7) is 6.51. The van der Waals surface area contributed by atoms with E-state index in [-0.39, 0.29) is 0 Å². The third-order valence-corrected chi connectivity index (χ3v) is 6.74. The fraction of sp³-hybridized carbons (Fsp3) is 0.143. The largest absolute Gasteiger partial charge is 0.179 e. The molecule has 0 spiro atoms. The standard InChI is InChI=1S/C20H16N.C13H9.C2H6Si.2ClH.Zr/c1-2-14-10-15-7-5-8-18(19(15)11-14)17-12-16-6-3-4-9-20(16)21-13-17;1-3-7-12-10(5-1)9-11-6-2-4-8-13(11)12;1-3-2;;;/h3-13H,2H2,1H3;1-5,7-8H,9H2;1-2H3;2*1H;/q2*-1;;;;+4/p-2. The molecular weight excluding hydrogens is 625 g/mol. The van der Waals surface area contributed by atoms with E-state index in [1.54, 1.807) is 0 Å². The topological polar surface area (TPSA) is 12.9 Å². The van der Waals surface area contributed by atoms with Gasteiger partial charge in [-0.2, -0.15) is 35.9 Å². The Hall–Kier alpha value is -2.42. The van der Waals surface area contributed by atoms with E-state index in [1.807, 2.05) is 18.3 Å². The molecule has 0 N–H and O–H groups in total. The van der Waals surface area contributed by atoms with Crippen LogP contribution in [0.2, 0.25) is 13.1 Å². The Morgan fingerprint density at radius 3 is 2.38 bits per heavy atom. The Labute approximate surface area is 259 Å². The third kappa shape index (κ3) is 7.45. The van der Waals surface area contributed by atoms with Crippen LogP contribution in [-0.4, -0.2) is 14.5 Å². The number of pyridine rings is 1. The zero-order valence-electron chi connectivity index (χ0n) is 23.0. The van der Waals surface area contributed by atoms with Crippen molar-refractivity contribution in [2.45, 2.75) is 32.9 Å². The van der Waals surface area contributed by atoms with Crippen LogP contribution in [0.25, 0.3) is 43.9 Å². The zero-order chi connectivity index (χ0) is 28.3. The normalized spacial score (nSPS) is 10.6. The maximum absolute atomic E-state index is 4.93. The Balaban J connectivity index is 0.000000166. The summed E-state index contributed by atoms with van der Waals surface area (Å²) < 4.78 is 0. The second-order valence-corrected chi connectivity index (χ2v) is 14.1. The van der Waals surface area contributed by atoms with Crippen LogP contribution in [0.1, 0.15) is 23.6 Å². The van der Waals surface area contributed by atoms with Gasteiger partial charge in [0.2, 0.25) is 0 Å². The minimum absolute atomic E-state index is 0.826. The van der Waals surface area contributed by atoms with Crippen LogP contribution < -0.4 is 0 Å². The molecule has 5 heteroatoms. The summed E-state index contributed by atoms with van der Waals surface area (Å²) in [4.78, 5) is 4.59. The molecule has 40 heavy (non-hydrogen) atoms. The molecule has 2 radical (unpaired) electrons. The minimum atomic E-state index is -0.826. The van der Waals surface area contributed by atoms with E-state index in [2.05, 4.69) is 122 Å². The van der Waals surface area contributed by atoms with Crippen LogP contribution in [0.3, 0.4) is 0 Å². The number of halogens is 2. The molecule has 7 rings (SSSR count). The van der Waals surface area contributed by atoms with Crippen molar-refractivity contribution in [2.24, 2.45) is 0 Å². The molecule has 1 nitrogen and oxygen atoms in total. The summed E-state index contributed by atoms with van der Waals surface area (Å²) in [6, 6.07) is 39.7. The quantitative estimate of drug-likeness (QED) is 0.133. The smallest absolute Gasteiger partial charge is 0.0253 e. The summed E-state index contributed by atoms with van der Waals surface area (Å²) in [5.74, 6) is 0. The molecule has 0 amide bonds. The molecule has 6 aromatic rings. The third-order valence-electron chi connectivity index (χ3n) is 6.74. The summed E-state index contributed by atoms with van der Waals surface area (Å²) in [5.41, 5.74) is 10.4. The van der Waals surface area contributed by atoms with Gasteiger partial charge >= 0.3 is 37.9 Å². The van der Waals surface area contributed by atoms with E-state index < -0.39 is 20.8 Å². The van der Waals surface area contributed by atoms with Crippen molar-refractivity contribution in [1.29, 1.82) is 0 Å². The maximum atomic E-state index is 4.93. The van der Waals surface area contributed by atoms with Crippen molar-refractivity contribution in [3.63, 3.8) is 0 Å². The molecule has 5 aromatic carbocycles. The molecule has 1 aliphatic rings. The van der Waals surface area contributed by atoms with Crippen LogP contribution in [0.5, 0.6) is 0 Å². The summed E-state index contributed by atoms with van der Waals surface area (Å²) in [7, 11) is 11.0. The number of fused-ring (bicyclic) bond motifs is 5. The monoisotopic (exact) mass is 653 g/mol. The van der Waals surface area contributed by atoms with Crippen LogP contribution in [0.15, 0.2) is 109 Å². The molecule has 0 unspecified atom stereocenters. The number of rotatable bonds is 2. The number of para-hydroxylation sites is 1. The van der Waals surface area contributed by atoms with Crippen molar-refractivity contribution >= 4 is 48.2 Å². The van der Waals surface area contributed by atoms with Crippen LogP contribution in [0, 0.1) is 6.07 Å². The van der Waals surface area contributed by atoms with Crippen molar-refractivity contribution in [2.75, 3.05) is 0 Å². The molecule has 1 heterocycles. The summed E-state index contributed by atoms with van der Waals surface area (Å²) in [6.07, 6.45) is 4.10. The first-order valence-corrected chi connectivity index (χ1v) is 21.6. The van der Waals surface area contributed by atoms with Gasteiger partial charge in [-0.3, -0.25) is 4.98 Å². The van der Waals surface area contributed by atoms with Crippen LogP contribution in [0.4, 0.5) is 0 Å². The Kier molecular flexibility index (Phi) is 11.9. The zero-order valence-corrected chi connectivity index (χ0v) is 28.0. The predicted molar refractivity (Wildman–Crippen MR) is 172 cm³/mol. The first-order chi connectivity index (χ1) is 19.6. The number of benzene rings is 4. The molecular formula is C35H31Cl2NSiZr. The average molecular weight is 656 g/mol. The molecule has 0 aliphatic heterocycles. The fourth-order valence-corrected chi connectivity index (χ4v) is 4.97. The van der Waals surface area contributed by atoms with Gasteiger partial charge in [0, 0.05) is 21.1 Å². The van der Waals surface area contributed by atoms with E-state index >= 15 is 0 Å². The predicted octanol–water partition coefficient (Wildman–Crippen LogP) is 10.6. The molecule has 0 bridgehead atoms. The Morgan fingerprint density at radius 2 is 1.57 bits per heavy atom. The maximum Gasteiger partial charge on any atom is -0.0253 e. The number of hydrogen-bond acceptors (Lipinski definition) is 1. The minimum Gasteiger partial charge on any atom is -0.179 e. The van der Waals surface area contributed by atoms with Gasteiger partial charge in [0.1, 0.15) is 0 Å². The second kappa shape index (κ2) is 15.5. The van der Waals surface area contributed by atoms with Gasteiger partial charge in [-0.05, 0) is 30.5 Å². The molecule has 0 saturated heterocycles. The van der Waals surface area contributed by atoms with Gasteiger partial charge in [0.15, 0.2) is 0 Å². The Morgan fingerprint density at radius 1 is 0.875 bits per heavy atom. The van der Waals surface area contributed by atoms with E-state index in [0.717, 1.165) is 27.9 Å². The average Bonchev–Trinajstić information content (AvgIpc) is 3.59. The number of aryl methyl sites for hydroxylation is 1. The van der Waals surface area contributed by atoms with Gasteiger partial charge < -0.3 is 0 Å². The van der Waals surface area contributed by atoms with Crippen molar-refractivity contribution < 1.29 is 20.8 Å². The van der Waals surface area contributed by atoms with Gasteiger partial charge in [0.05, 0.1) is 5.52 Å². The number of hydrogen-bond donors (Lipinski definition) is 0. The molecule has 198 valence electrons. The molecule has 0 fully saturated rings. The summed E-state index contributed by atoms with van der Waals surface area (Å²) in [5, 5.41) is 3.83. The summed E-state index contributed by atoms with van der Waals surface area (Å²) >= 11 is -0.826. The SMILES string of the molecule is CCc1cc2c(-c3cnc4ccccc4c3)cccc2[cH-]1.C[Si]C.[Cl][Zr+2][Cl].[c-]1cccc2c1Cc1ccccc1-2. The van der Waals surface area contributed by atoms with Crippen molar-refractivity contribution in [1.82, 2.24) is 4.98 Å². The van der Waals surface area contributed by atoms with Gasteiger partial charge in [0.25, 0.3) is 0 Å². The van der Waals surface area contributed by atoms with Gasteiger partial charge in [-0.15, -0.1) is 40.1 Å². The fourth-order valence-electron chi connectivity index (χ4n) is 4.97. The molecule has 1 aliphatic carbocycles. The molecule has 0 saturated carbocycles. The Bertz CT molecular complexity index is 1630. The van der Waals surface area contributed by atoms with E-state index in [9.17, 15) is 0 Å². The first kappa shape index (κ1) is 30.5. The van der Waals surface area contributed by atoms with E-state index in [0.29, 0.717) is 0 Å². The molecule has 1 aromatic heterocycles. The first-order valence-electron chi connectivity index (χ1n) is 13.3.